The molecule has 0 aliphatic heterocycles. The van der Waals surface area contributed by atoms with E-state index in [1.807, 2.05) is 0 Å². The standard InChI is InChI=1S/C24H19ClF2N6O2/c25-16-5-7-18(33-24(35)31-15-3-1-2-14(26)11-15)22(27)21(16)23(34)13-4-6-17-19(10-13)32-20(12-30-17)29-9-8-28/h1-7,10-12H,8-9,28H2,(H,29,32)(H2,31,33,35). The van der Waals surface area contributed by atoms with Crippen LogP contribution in [0, 0.1) is 11.6 Å². The molecule has 1 heterocycles. The Bertz CT molecular complexity index is 1430. The summed E-state index contributed by atoms with van der Waals surface area (Å²) in [7, 11) is 0. The molecular weight excluding hydrogens is 478 g/mol. The summed E-state index contributed by atoms with van der Waals surface area (Å²) in [6, 6.07) is 11.4. The molecule has 4 aromatic rings. The maximum Gasteiger partial charge on any atom is 0.323 e. The Morgan fingerprint density at radius 3 is 2.60 bits per heavy atom. The third kappa shape index (κ3) is 5.51. The number of hydrogen-bond donors (Lipinski definition) is 4. The predicted molar refractivity (Wildman–Crippen MR) is 131 cm³/mol. The van der Waals surface area contributed by atoms with Gasteiger partial charge in [0.15, 0.2) is 11.6 Å². The maximum atomic E-state index is 15.3. The molecule has 0 unspecified atom stereocenters. The zero-order valence-electron chi connectivity index (χ0n) is 18.1. The second-order valence-electron chi connectivity index (χ2n) is 7.38. The molecule has 11 heteroatoms. The van der Waals surface area contributed by atoms with E-state index in [2.05, 4.69) is 25.9 Å². The number of benzene rings is 3. The van der Waals surface area contributed by atoms with E-state index in [0.29, 0.717) is 29.9 Å². The van der Waals surface area contributed by atoms with Gasteiger partial charge in [-0.1, -0.05) is 17.7 Å². The van der Waals surface area contributed by atoms with E-state index in [1.54, 1.807) is 12.3 Å². The van der Waals surface area contributed by atoms with Crippen molar-refractivity contribution in [3.63, 3.8) is 0 Å². The van der Waals surface area contributed by atoms with Gasteiger partial charge in [-0.25, -0.2) is 18.6 Å². The van der Waals surface area contributed by atoms with E-state index < -0.39 is 29.0 Å². The number of nitrogens with two attached hydrogens (primary N) is 1. The predicted octanol–water partition coefficient (Wildman–Crippen LogP) is 4.81. The van der Waals surface area contributed by atoms with Gasteiger partial charge in [-0.15, -0.1) is 0 Å². The van der Waals surface area contributed by atoms with Crippen molar-refractivity contribution >= 4 is 51.6 Å². The normalized spacial score (nSPS) is 10.7. The van der Waals surface area contributed by atoms with Crippen LogP contribution in [0.25, 0.3) is 11.0 Å². The number of halogens is 3. The van der Waals surface area contributed by atoms with Gasteiger partial charge in [-0.2, -0.15) is 0 Å². The third-order valence-electron chi connectivity index (χ3n) is 4.90. The molecule has 0 aliphatic carbocycles. The zero-order chi connectivity index (χ0) is 24.9. The molecule has 0 fully saturated rings. The van der Waals surface area contributed by atoms with Gasteiger partial charge < -0.3 is 21.7 Å². The van der Waals surface area contributed by atoms with Crippen LogP contribution < -0.4 is 21.7 Å². The van der Waals surface area contributed by atoms with Crippen LogP contribution in [0.5, 0.6) is 0 Å². The summed E-state index contributed by atoms with van der Waals surface area (Å²) in [4.78, 5) is 34.1. The summed E-state index contributed by atoms with van der Waals surface area (Å²) in [6.45, 7) is 0.896. The molecule has 1 aromatic heterocycles. The number of carbonyl (C=O) groups is 2. The Balaban J connectivity index is 1.60. The fraction of sp³-hybridized carbons (Fsp3) is 0.0833. The Labute approximate surface area is 203 Å². The summed E-state index contributed by atoms with van der Waals surface area (Å²) in [5.41, 5.74) is 6.04. The van der Waals surface area contributed by atoms with Crippen LogP contribution in [0.1, 0.15) is 15.9 Å². The third-order valence-corrected chi connectivity index (χ3v) is 5.22. The molecule has 0 radical (unpaired) electrons. The van der Waals surface area contributed by atoms with Gasteiger partial charge in [0.25, 0.3) is 0 Å². The quantitative estimate of drug-likeness (QED) is 0.272. The Kier molecular flexibility index (Phi) is 7.14. The molecule has 0 bridgehead atoms. The molecule has 0 saturated heterocycles. The number of urea groups is 1. The molecule has 8 nitrogen and oxygen atoms in total. The van der Waals surface area contributed by atoms with Gasteiger partial charge in [0.2, 0.25) is 0 Å². The topological polar surface area (TPSA) is 122 Å². The van der Waals surface area contributed by atoms with Gasteiger partial charge in [0, 0.05) is 24.3 Å². The number of anilines is 3. The number of nitrogens with zero attached hydrogens (tertiary/aromatic N) is 2. The van der Waals surface area contributed by atoms with Crippen molar-refractivity contribution in [1.82, 2.24) is 9.97 Å². The molecule has 2 amide bonds. The largest absolute Gasteiger partial charge is 0.368 e. The van der Waals surface area contributed by atoms with E-state index in [1.165, 1.54) is 42.5 Å². The molecule has 0 atom stereocenters. The van der Waals surface area contributed by atoms with E-state index >= 15 is 4.39 Å². The molecule has 0 spiro atoms. The summed E-state index contributed by atoms with van der Waals surface area (Å²) >= 11 is 6.15. The number of aromatic nitrogens is 2. The average molecular weight is 497 g/mol. The minimum absolute atomic E-state index is 0.130. The molecule has 3 aromatic carbocycles. The van der Waals surface area contributed by atoms with Crippen molar-refractivity contribution in [3.8, 4) is 0 Å². The van der Waals surface area contributed by atoms with Crippen LogP contribution in [-0.2, 0) is 0 Å². The minimum Gasteiger partial charge on any atom is -0.368 e. The number of hydrogen-bond acceptors (Lipinski definition) is 6. The van der Waals surface area contributed by atoms with Gasteiger partial charge in [-0.05, 0) is 48.5 Å². The summed E-state index contributed by atoms with van der Waals surface area (Å²) < 4.78 is 28.6. The number of amides is 2. The van der Waals surface area contributed by atoms with Crippen LogP contribution >= 0.6 is 11.6 Å². The molecule has 0 aliphatic rings. The monoisotopic (exact) mass is 496 g/mol. The summed E-state index contributed by atoms with van der Waals surface area (Å²) in [5, 5.41) is 7.57. The van der Waals surface area contributed by atoms with Crippen LogP contribution in [0.2, 0.25) is 5.02 Å². The number of nitrogens with one attached hydrogen (secondary N) is 3. The van der Waals surface area contributed by atoms with E-state index in [0.717, 1.165) is 6.07 Å². The summed E-state index contributed by atoms with van der Waals surface area (Å²) in [5.74, 6) is -1.78. The highest BCUT2D eigenvalue weighted by Crippen LogP contribution is 2.29. The molecular formula is C24H19ClF2N6O2. The number of fused-ring (bicyclic) bond motifs is 1. The summed E-state index contributed by atoms with van der Waals surface area (Å²) in [6.07, 6.45) is 1.54. The van der Waals surface area contributed by atoms with E-state index in [-0.39, 0.29) is 22.0 Å². The first-order chi connectivity index (χ1) is 16.9. The van der Waals surface area contributed by atoms with Crippen LogP contribution in [0.4, 0.5) is 30.8 Å². The Morgan fingerprint density at radius 1 is 1.00 bits per heavy atom. The highest BCUT2D eigenvalue weighted by atomic mass is 35.5. The molecule has 4 rings (SSSR count). The maximum absolute atomic E-state index is 15.3. The first-order valence-electron chi connectivity index (χ1n) is 10.4. The lowest BCUT2D eigenvalue weighted by Crippen LogP contribution is -2.21. The Morgan fingerprint density at radius 2 is 1.83 bits per heavy atom. The van der Waals surface area contributed by atoms with Gasteiger partial charge in [0.1, 0.15) is 11.6 Å². The fourth-order valence-corrected chi connectivity index (χ4v) is 3.52. The van der Waals surface area contributed by atoms with Crippen molar-refractivity contribution in [3.05, 3.63) is 88.6 Å². The van der Waals surface area contributed by atoms with Crippen molar-refractivity contribution < 1.29 is 18.4 Å². The first kappa shape index (κ1) is 24.0. The second kappa shape index (κ2) is 10.4. The minimum atomic E-state index is -1.01. The highest BCUT2D eigenvalue weighted by molar-refractivity contribution is 6.35. The van der Waals surface area contributed by atoms with Gasteiger partial charge in [0.05, 0.1) is 33.5 Å². The first-order valence-corrected chi connectivity index (χ1v) is 10.8. The Hall–Kier alpha value is -4.15. The van der Waals surface area contributed by atoms with Crippen molar-refractivity contribution in [2.24, 2.45) is 5.73 Å². The lowest BCUT2D eigenvalue weighted by atomic mass is 10.0. The van der Waals surface area contributed by atoms with E-state index in [4.69, 9.17) is 17.3 Å². The van der Waals surface area contributed by atoms with Gasteiger partial charge in [-0.3, -0.25) is 9.78 Å². The molecule has 178 valence electrons. The lowest BCUT2D eigenvalue weighted by Gasteiger charge is -2.12. The smallest absolute Gasteiger partial charge is 0.323 e. The van der Waals surface area contributed by atoms with Crippen LogP contribution in [0.15, 0.2) is 60.8 Å². The lowest BCUT2D eigenvalue weighted by molar-refractivity contribution is 0.103. The number of rotatable bonds is 7. The van der Waals surface area contributed by atoms with Crippen molar-refractivity contribution in [2.45, 2.75) is 0 Å². The number of carbonyl (C=O) groups excluding carboxylic acids is 2. The fourth-order valence-electron chi connectivity index (χ4n) is 3.29. The average Bonchev–Trinajstić information content (AvgIpc) is 2.84. The molecule has 5 N–H and O–H groups in total. The highest BCUT2D eigenvalue weighted by Gasteiger charge is 2.22. The van der Waals surface area contributed by atoms with Crippen molar-refractivity contribution in [2.75, 3.05) is 29.0 Å². The molecule has 0 saturated carbocycles. The van der Waals surface area contributed by atoms with E-state index in [9.17, 15) is 14.0 Å². The van der Waals surface area contributed by atoms with Crippen LogP contribution in [-0.4, -0.2) is 34.9 Å². The number of ketones is 1. The molecule has 35 heavy (non-hydrogen) atoms. The van der Waals surface area contributed by atoms with Crippen LogP contribution in [0.3, 0.4) is 0 Å². The van der Waals surface area contributed by atoms with Gasteiger partial charge >= 0.3 is 6.03 Å². The van der Waals surface area contributed by atoms with Crippen molar-refractivity contribution in [1.29, 1.82) is 0 Å². The second-order valence-corrected chi connectivity index (χ2v) is 7.78. The zero-order valence-corrected chi connectivity index (χ0v) is 18.9. The SMILES string of the molecule is NCCNc1cnc2ccc(C(=O)c3c(Cl)ccc(NC(=O)Nc4cccc(F)c4)c3F)cc2n1.